The summed E-state index contributed by atoms with van der Waals surface area (Å²) >= 11 is 1.59. The number of carbonyl (C=O) groups excluding carboxylic acids is 1. The van der Waals surface area contributed by atoms with Crippen molar-refractivity contribution in [3.8, 4) is 10.6 Å². The maximum atomic E-state index is 12.4. The summed E-state index contributed by atoms with van der Waals surface area (Å²) in [4.78, 5) is 21.9. The first kappa shape index (κ1) is 21.7. The van der Waals surface area contributed by atoms with Gasteiger partial charge in [0, 0.05) is 49.4 Å². The van der Waals surface area contributed by atoms with Gasteiger partial charge in [-0.15, -0.1) is 11.3 Å². The van der Waals surface area contributed by atoms with Gasteiger partial charge in [-0.2, -0.15) is 0 Å². The molecular formula is C25H30N4OS. The molecule has 6 heteroatoms. The Kier molecular flexibility index (Phi) is 7.12. The molecule has 0 spiro atoms. The Labute approximate surface area is 188 Å². The summed E-state index contributed by atoms with van der Waals surface area (Å²) in [6, 6.07) is 16.7. The van der Waals surface area contributed by atoms with Crippen LogP contribution in [-0.4, -0.2) is 53.9 Å². The molecule has 4 rings (SSSR count). The number of amides is 1. The first-order valence-corrected chi connectivity index (χ1v) is 11.8. The summed E-state index contributed by atoms with van der Waals surface area (Å²) in [6.45, 7) is 7.64. The number of rotatable bonds is 7. The minimum atomic E-state index is -0.0383. The third kappa shape index (κ3) is 6.00. The minimum absolute atomic E-state index is 0.0383. The molecule has 2 heterocycles. The van der Waals surface area contributed by atoms with E-state index in [-0.39, 0.29) is 12.3 Å². The van der Waals surface area contributed by atoms with Crippen molar-refractivity contribution in [1.29, 1.82) is 0 Å². The molecule has 1 amide bonds. The molecule has 5 nitrogen and oxygen atoms in total. The van der Waals surface area contributed by atoms with Crippen LogP contribution in [0.15, 0.2) is 53.9 Å². The first-order valence-electron chi connectivity index (χ1n) is 10.9. The number of anilines is 1. The van der Waals surface area contributed by atoms with Gasteiger partial charge in [0.05, 0.1) is 12.1 Å². The fourth-order valence-electron chi connectivity index (χ4n) is 3.73. The molecule has 1 aliphatic rings. The molecule has 1 fully saturated rings. The standard InChI is InChI=1S/C25H30N4OS/c1-3-19-6-10-22(11-7-19)26-24(30)16-23-18-31-25(27-23)21-8-4-20(5-9-21)17-29-14-12-28(2)13-15-29/h4-11,18H,3,12-17H2,1-2H3,(H,26,30). The lowest BCUT2D eigenvalue weighted by atomic mass is 10.1. The quantitative estimate of drug-likeness (QED) is 0.602. The number of benzene rings is 2. The highest BCUT2D eigenvalue weighted by Crippen LogP contribution is 2.25. The number of hydrogen-bond acceptors (Lipinski definition) is 5. The Balaban J connectivity index is 1.32. The minimum Gasteiger partial charge on any atom is -0.326 e. The van der Waals surface area contributed by atoms with E-state index in [1.165, 1.54) is 11.1 Å². The second-order valence-corrected chi connectivity index (χ2v) is 9.05. The predicted molar refractivity (Wildman–Crippen MR) is 128 cm³/mol. The SMILES string of the molecule is CCc1ccc(NC(=O)Cc2csc(-c3ccc(CN4CCN(C)CC4)cc3)n2)cc1. The smallest absolute Gasteiger partial charge is 0.230 e. The van der Waals surface area contributed by atoms with Crippen LogP contribution in [0.25, 0.3) is 10.6 Å². The molecule has 1 N–H and O–H groups in total. The highest BCUT2D eigenvalue weighted by Gasteiger charge is 2.14. The number of thiazole rings is 1. The number of likely N-dealkylation sites (N-methyl/N-ethyl adjacent to an activating group) is 1. The Morgan fingerprint density at radius 2 is 1.68 bits per heavy atom. The van der Waals surface area contributed by atoms with Crippen molar-refractivity contribution in [1.82, 2.24) is 14.8 Å². The average Bonchev–Trinajstić information content (AvgIpc) is 3.24. The monoisotopic (exact) mass is 434 g/mol. The molecule has 0 atom stereocenters. The van der Waals surface area contributed by atoms with Crippen LogP contribution < -0.4 is 5.32 Å². The van der Waals surface area contributed by atoms with Crippen LogP contribution in [0.5, 0.6) is 0 Å². The summed E-state index contributed by atoms with van der Waals surface area (Å²) in [7, 11) is 2.18. The molecule has 0 bridgehead atoms. The molecule has 1 aliphatic heterocycles. The van der Waals surface area contributed by atoms with E-state index in [1.54, 1.807) is 11.3 Å². The van der Waals surface area contributed by atoms with Crippen molar-refractivity contribution in [2.24, 2.45) is 0 Å². The van der Waals surface area contributed by atoms with Crippen LogP contribution in [0, 0.1) is 0 Å². The molecule has 0 saturated carbocycles. The van der Waals surface area contributed by atoms with Gasteiger partial charge in [-0.1, -0.05) is 43.3 Å². The summed E-state index contributed by atoms with van der Waals surface area (Å²) in [6.07, 6.45) is 1.28. The second kappa shape index (κ2) is 10.2. The number of piperazine rings is 1. The van der Waals surface area contributed by atoms with Gasteiger partial charge in [-0.25, -0.2) is 4.98 Å². The topological polar surface area (TPSA) is 48.5 Å². The summed E-state index contributed by atoms with van der Waals surface area (Å²) < 4.78 is 0. The molecule has 0 unspecified atom stereocenters. The van der Waals surface area contributed by atoms with E-state index in [2.05, 4.69) is 58.3 Å². The van der Waals surface area contributed by atoms with Gasteiger partial charge in [0.2, 0.25) is 5.91 Å². The average molecular weight is 435 g/mol. The van der Waals surface area contributed by atoms with Crippen LogP contribution in [-0.2, 0) is 24.2 Å². The zero-order valence-electron chi connectivity index (χ0n) is 18.3. The van der Waals surface area contributed by atoms with Crippen LogP contribution in [0.4, 0.5) is 5.69 Å². The van der Waals surface area contributed by atoms with Gasteiger partial charge < -0.3 is 10.2 Å². The molecule has 2 aromatic carbocycles. The van der Waals surface area contributed by atoms with E-state index >= 15 is 0 Å². The Morgan fingerprint density at radius 3 is 2.35 bits per heavy atom. The lowest BCUT2D eigenvalue weighted by Crippen LogP contribution is -2.43. The van der Waals surface area contributed by atoms with Gasteiger partial charge in [-0.05, 0) is 36.7 Å². The molecule has 0 radical (unpaired) electrons. The van der Waals surface area contributed by atoms with Crippen molar-refractivity contribution < 1.29 is 4.79 Å². The highest BCUT2D eigenvalue weighted by molar-refractivity contribution is 7.13. The van der Waals surface area contributed by atoms with Gasteiger partial charge in [0.1, 0.15) is 5.01 Å². The summed E-state index contributed by atoms with van der Waals surface area (Å²) in [5.74, 6) is -0.0383. The van der Waals surface area contributed by atoms with Crippen LogP contribution in [0.2, 0.25) is 0 Å². The molecule has 1 saturated heterocycles. The molecule has 1 aromatic heterocycles. The zero-order valence-corrected chi connectivity index (χ0v) is 19.1. The van der Waals surface area contributed by atoms with E-state index in [0.29, 0.717) is 0 Å². The third-order valence-corrected chi connectivity index (χ3v) is 6.68. The van der Waals surface area contributed by atoms with Gasteiger partial charge in [0.25, 0.3) is 0 Å². The molecule has 31 heavy (non-hydrogen) atoms. The number of aromatic nitrogens is 1. The lowest BCUT2D eigenvalue weighted by Gasteiger charge is -2.32. The van der Waals surface area contributed by atoms with E-state index < -0.39 is 0 Å². The lowest BCUT2D eigenvalue weighted by molar-refractivity contribution is -0.115. The number of nitrogens with zero attached hydrogens (tertiary/aromatic N) is 3. The largest absolute Gasteiger partial charge is 0.326 e. The van der Waals surface area contributed by atoms with Crippen molar-refractivity contribution >= 4 is 22.9 Å². The van der Waals surface area contributed by atoms with Crippen molar-refractivity contribution in [3.63, 3.8) is 0 Å². The van der Waals surface area contributed by atoms with Crippen LogP contribution in [0.1, 0.15) is 23.7 Å². The van der Waals surface area contributed by atoms with Gasteiger partial charge in [0.15, 0.2) is 0 Å². The third-order valence-electron chi connectivity index (χ3n) is 5.74. The first-order chi connectivity index (χ1) is 15.1. The molecule has 162 valence electrons. The van der Waals surface area contributed by atoms with Gasteiger partial charge in [-0.3, -0.25) is 9.69 Å². The van der Waals surface area contributed by atoms with Crippen LogP contribution in [0.3, 0.4) is 0 Å². The highest BCUT2D eigenvalue weighted by atomic mass is 32.1. The van der Waals surface area contributed by atoms with E-state index in [9.17, 15) is 4.79 Å². The van der Waals surface area contributed by atoms with Crippen molar-refractivity contribution in [3.05, 3.63) is 70.7 Å². The molecule has 0 aliphatic carbocycles. The van der Waals surface area contributed by atoms with E-state index in [4.69, 9.17) is 0 Å². The second-order valence-electron chi connectivity index (χ2n) is 8.20. The summed E-state index contributed by atoms with van der Waals surface area (Å²) in [5, 5.41) is 5.90. The Hall–Kier alpha value is -2.54. The number of hydrogen-bond donors (Lipinski definition) is 1. The number of carbonyl (C=O) groups is 1. The van der Waals surface area contributed by atoms with Crippen molar-refractivity contribution in [2.75, 3.05) is 38.5 Å². The zero-order chi connectivity index (χ0) is 21.6. The Morgan fingerprint density at radius 1 is 1.00 bits per heavy atom. The fraction of sp³-hybridized carbons (Fsp3) is 0.360. The number of aryl methyl sites for hydroxylation is 1. The molecular weight excluding hydrogens is 404 g/mol. The molecule has 3 aromatic rings. The van der Waals surface area contributed by atoms with E-state index in [1.807, 2.05) is 29.6 Å². The van der Waals surface area contributed by atoms with E-state index in [0.717, 1.165) is 61.1 Å². The van der Waals surface area contributed by atoms with Crippen molar-refractivity contribution in [2.45, 2.75) is 26.3 Å². The number of nitrogens with one attached hydrogen (secondary N) is 1. The summed E-state index contributed by atoms with van der Waals surface area (Å²) in [5.41, 5.74) is 5.34. The van der Waals surface area contributed by atoms with Crippen LogP contribution >= 0.6 is 11.3 Å². The fourth-order valence-corrected chi connectivity index (χ4v) is 4.56. The Bertz CT molecular complexity index is 989. The van der Waals surface area contributed by atoms with Gasteiger partial charge >= 0.3 is 0 Å². The predicted octanol–water partition coefficient (Wildman–Crippen LogP) is 4.30. The normalized spacial score (nSPS) is 15.2. The maximum absolute atomic E-state index is 12.4. The maximum Gasteiger partial charge on any atom is 0.230 e.